The molecule has 1 N–H and O–H groups in total. The van der Waals surface area contributed by atoms with Gasteiger partial charge in [0.2, 0.25) is 11.7 Å². The summed E-state index contributed by atoms with van der Waals surface area (Å²) in [6.07, 6.45) is 2.17. The number of ether oxygens (including phenoxy) is 1. The Balaban J connectivity index is 1.47. The van der Waals surface area contributed by atoms with E-state index in [-0.39, 0.29) is 0 Å². The highest BCUT2D eigenvalue weighted by Crippen LogP contribution is 2.20. The largest absolute Gasteiger partial charge is 0.485 e. The van der Waals surface area contributed by atoms with Crippen molar-refractivity contribution in [2.45, 2.75) is 32.9 Å². The topological polar surface area (TPSA) is 71.6 Å². The van der Waals surface area contributed by atoms with Crippen molar-refractivity contribution in [1.82, 2.24) is 15.0 Å². The summed E-state index contributed by atoms with van der Waals surface area (Å²) in [6, 6.07) is 8.13. The number of aromatic nitrogens is 2. The predicted molar refractivity (Wildman–Crippen MR) is 84.9 cm³/mol. The van der Waals surface area contributed by atoms with Gasteiger partial charge in [0.05, 0.1) is 0 Å². The molecule has 3 rings (SSSR count). The molecule has 0 unspecified atom stereocenters. The predicted octanol–water partition coefficient (Wildman–Crippen LogP) is 2.16. The lowest BCUT2D eigenvalue weighted by Gasteiger charge is -2.31. The van der Waals surface area contributed by atoms with Crippen LogP contribution in [0.25, 0.3) is 0 Å². The number of aliphatic hydroxyl groups excluding tert-OH is 1. The maximum absolute atomic E-state index is 9.18. The molecule has 0 atom stereocenters. The number of aliphatic hydroxyl groups is 1. The van der Waals surface area contributed by atoms with Crippen LogP contribution in [0.2, 0.25) is 0 Å². The molecule has 124 valence electrons. The summed E-state index contributed by atoms with van der Waals surface area (Å²) in [5, 5.41) is 13.0. The molecule has 1 saturated heterocycles. The molecule has 1 aliphatic rings. The van der Waals surface area contributed by atoms with E-state index in [0.29, 0.717) is 30.8 Å². The minimum atomic E-state index is 0.311. The van der Waals surface area contributed by atoms with Crippen LogP contribution in [0.1, 0.15) is 30.1 Å². The molecule has 0 spiro atoms. The van der Waals surface area contributed by atoms with E-state index < -0.39 is 0 Å². The van der Waals surface area contributed by atoms with E-state index in [1.807, 2.05) is 12.1 Å². The highest BCUT2D eigenvalue weighted by atomic mass is 16.5. The SMILES string of the molecule is Cc1nc(COc2ccc(CN3CCC(CO)CC3)cc2)no1. The second-order valence-corrected chi connectivity index (χ2v) is 6.06. The van der Waals surface area contributed by atoms with Gasteiger partial charge in [0.25, 0.3) is 0 Å². The normalized spacial score (nSPS) is 16.6. The van der Waals surface area contributed by atoms with Crippen LogP contribution in [0.3, 0.4) is 0 Å². The Morgan fingerprint density at radius 1 is 1.26 bits per heavy atom. The van der Waals surface area contributed by atoms with Gasteiger partial charge in [-0.2, -0.15) is 4.98 Å². The fraction of sp³-hybridized carbons (Fsp3) is 0.529. The van der Waals surface area contributed by atoms with Crippen LogP contribution in [-0.2, 0) is 13.2 Å². The Kier molecular flexibility index (Phi) is 5.25. The highest BCUT2D eigenvalue weighted by Gasteiger charge is 2.18. The number of benzene rings is 1. The molecule has 0 saturated carbocycles. The monoisotopic (exact) mass is 317 g/mol. The van der Waals surface area contributed by atoms with E-state index in [4.69, 9.17) is 9.26 Å². The molecule has 1 aliphatic heterocycles. The maximum Gasteiger partial charge on any atom is 0.223 e. The summed E-state index contributed by atoms with van der Waals surface area (Å²) in [4.78, 5) is 6.54. The number of nitrogens with zero attached hydrogens (tertiary/aromatic N) is 3. The summed E-state index contributed by atoms with van der Waals surface area (Å²) in [7, 11) is 0. The van der Waals surface area contributed by atoms with Crippen molar-refractivity contribution in [1.29, 1.82) is 0 Å². The van der Waals surface area contributed by atoms with Crippen LogP contribution in [0, 0.1) is 12.8 Å². The molecule has 0 amide bonds. The van der Waals surface area contributed by atoms with Crippen molar-refractivity contribution >= 4 is 0 Å². The maximum atomic E-state index is 9.18. The van der Waals surface area contributed by atoms with Crippen molar-refractivity contribution in [2.24, 2.45) is 5.92 Å². The van der Waals surface area contributed by atoms with Crippen LogP contribution in [-0.4, -0.2) is 39.8 Å². The first-order valence-electron chi connectivity index (χ1n) is 8.07. The van der Waals surface area contributed by atoms with Gasteiger partial charge in [-0.15, -0.1) is 0 Å². The van der Waals surface area contributed by atoms with Gasteiger partial charge in [-0.05, 0) is 49.5 Å². The number of rotatable bonds is 6. The summed E-state index contributed by atoms with van der Waals surface area (Å²) >= 11 is 0. The molecule has 2 heterocycles. The Morgan fingerprint density at radius 3 is 2.61 bits per heavy atom. The lowest BCUT2D eigenvalue weighted by atomic mass is 9.97. The number of likely N-dealkylation sites (tertiary alicyclic amines) is 1. The van der Waals surface area contributed by atoms with Gasteiger partial charge in [-0.1, -0.05) is 17.3 Å². The van der Waals surface area contributed by atoms with Gasteiger partial charge >= 0.3 is 0 Å². The molecule has 23 heavy (non-hydrogen) atoms. The molecule has 1 fully saturated rings. The molecular formula is C17H23N3O3. The third-order valence-corrected chi connectivity index (χ3v) is 4.23. The van der Waals surface area contributed by atoms with Gasteiger partial charge in [0, 0.05) is 20.1 Å². The van der Waals surface area contributed by atoms with E-state index in [1.54, 1.807) is 6.92 Å². The summed E-state index contributed by atoms with van der Waals surface area (Å²) in [5.74, 6) is 2.38. The standard InChI is InChI=1S/C17H23N3O3/c1-13-18-17(19-23-13)12-22-16-4-2-14(3-5-16)10-20-8-6-15(11-21)7-9-20/h2-5,15,21H,6-12H2,1H3. The quantitative estimate of drug-likeness (QED) is 0.880. The molecular weight excluding hydrogens is 294 g/mol. The van der Waals surface area contributed by atoms with E-state index in [0.717, 1.165) is 38.2 Å². The first-order chi connectivity index (χ1) is 11.2. The van der Waals surface area contributed by atoms with Crippen molar-refractivity contribution in [3.8, 4) is 5.75 Å². The Hall–Kier alpha value is -1.92. The first-order valence-corrected chi connectivity index (χ1v) is 8.07. The third kappa shape index (κ3) is 4.53. The Bertz CT molecular complexity index is 604. The van der Waals surface area contributed by atoms with Crippen molar-refractivity contribution in [2.75, 3.05) is 19.7 Å². The number of hydrogen-bond acceptors (Lipinski definition) is 6. The zero-order chi connectivity index (χ0) is 16.1. The first kappa shape index (κ1) is 16.0. The smallest absolute Gasteiger partial charge is 0.223 e. The van der Waals surface area contributed by atoms with Gasteiger partial charge in [0.1, 0.15) is 5.75 Å². The molecule has 1 aromatic carbocycles. The molecule has 0 aliphatic carbocycles. The number of hydrogen-bond donors (Lipinski definition) is 1. The minimum absolute atomic E-state index is 0.311. The fourth-order valence-corrected chi connectivity index (χ4v) is 2.82. The molecule has 2 aromatic rings. The van der Waals surface area contributed by atoms with Crippen LogP contribution in [0.4, 0.5) is 0 Å². The third-order valence-electron chi connectivity index (χ3n) is 4.23. The average Bonchev–Trinajstić information content (AvgIpc) is 3.00. The minimum Gasteiger partial charge on any atom is -0.485 e. The van der Waals surface area contributed by atoms with E-state index in [1.165, 1.54) is 5.56 Å². The molecule has 0 bridgehead atoms. The summed E-state index contributed by atoms with van der Waals surface area (Å²) in [6.45, 7) is 5.45. The fourth-order valence-electron chi connectivity index (χ4n) is 2.82. The second-order valence-electron chi connectivity index (χ2n) is 6.06. The average molecular weight is 317 g/mol. The number of piperidine rings is 1. The van der Waals surface area contributed by atoms with Gasteiger partial charge in [-0.25, -0.2) is 0 Å². The van der Waals surface area contributed by atoms with Gasteiger partial charge < -0.3 is 14.4 Å². The highest BCUT2D eigenvalue weighted by molar-refractivity contribution is 5.27. The van der Waals surface area contributed by atoms with Crippen LogP contribution >= 0.6 is 0 Å². The van der Waals surface area contributed by atoms with Crippen LogP contribution in [0.5, 0.6) is 5.75 Å². The molecule has 6 nitrogen and oxygen atoms in total. The zero-order valence-electron chi connectivity index (χ0n) is 13.4. The van der Waals surface area contributed by atoms with E-state index in [2.05, 4.69) is 27.2 Å². The van der Waals surface area contributed by atoms with Gasteiger partial charge in [0.15, 0.2) is 6.61 Å². The van der Waals surface area contributed by atoms with Crippen LogP contribution < -0.4 is 4.74 Å². The Labute approximate surface area is 136 Å². The van der Waals surface area contributed by atoms with Crippen molar-refractivity contribution < 1.29 is 14.4 Å². The Morgan fingerprint density at radius 2 is 2.00 bits per heavy atom. The lowest BCUT2D eigenvalue weighted by Crippen LogP contribution is -2.34. The van der Waals surface area contributed by atoms with Crippen LogP contribution in [0.15, 0.2) is 28.8 Å². The van der Waals surface area contributed by atoms with Gasteiger partial charge in [-0.3, -0.25) is 4.90 Å². The number of aryl methyl sites for hydroxylation is 1. The molecule has 1 aromatic heterocycles. The summed E-state index contributed by atoms with van der Waals surface area (Å²) in [5.41, 5.74) is 1.27. The van der Waals surface area contributed by atoms with Crippen molar-refractivity contribution in [3.63, 3.8) is 0 Å². The lowest BCUT2D eigenvalue weighted by molar-refractivity contribution is 0.127. The van der Waals surface area contributed by atoms with E-state index in [9.17, 15) is 5.11 Å². The molecule has 6 heteroatoms. The van der Waals surface area contributed by atoms with Crippen molar-refractivity contribution in [3.05, 3.63) is 41.5 Å². The second kappa shape index (κ2) is 7.57. The van der Waals surface area contributed by atoms with E-state index >= 15 is 0 Å². The molecule has 0 radical (unpaired) electrons. The summed E-state index contributed by atoms with van der Waals surface area (Å²) < 4.78 is 10.6. The zero-order valence-corrected chi connectivity index (χ0v) is 13.4.